The predicted molar refractivity (Wildman–Crippen MR) is 80.0 cm³/mol. The summed E-state index contributed by atoms with van der Waals surface area (Å²) in [7, 11) is -3.97. The van der Waals surface area contributed by atoms with Gasteiger partial charge >= 0.3 is 5.97 Å². The molecule has 1 N–H and O–H groups in total. The van der Waals surface area contributed by atoms with E-state index in [0.717, 1.165) is 16.4 Å². The highest BCUT2D eigenvalue weighted by atomic mass is 32.2. The molecule has 0 heterocycles. The Bertz CT molecular complexity index is 805. The van der Waals surface area contributed by atoms with Crippen LogP contribution in [0.15, 0.2) is 53.4 Å². The molecule has 22 heavy (non-hydrogen) atoms. The van der Waals surface area contributed by atoms with E-state index in [1.165, 1.54) is 36.4 Å². The van der Waals surface area contributed by atoms with E-state index in [9.17, 15) is 17.6 Å². The molecule has 2 aromatic carbocycles. The molecule has 0 saturated carbocycles. The lowest BCUT2D eigenvalue weighted by molar-refractivity contribution is 0.0696. The van der Waals surface area contributed by atoms with Crippen LogP contribution in [0.2, 0.25) is 0 Å². The summed E-state index contributed by atoms with van der Waals surface area (Å²) in [5.74, 6) is -1.77. The van der Waals surface area contributed by atoms with Crippen LogP contribution in [-0.2, 0) is 10.0 Å². The highest BCUT2D eigenvalue weighted by Crippen LogP contribution is 2.24. The minimum atomic E-state index is -3.97. The Morgan fingerprint density at radius 3 is 2.45 bits per heavy atom. The molecule has 2 rings (SSSR count). The van der Waals surface area contributed by atoms with Gasteiger partial charge in [0.2, 0.25) is 0 Å². The van der Waals surface area contributed by atoms with Gasteiger partial charge in [0.25, 0.3) is 10.0 Å². The van der Waals surface area contributed by atoms with Gasteiger partial charge in [-0.3, -0.25) is 4.31 Å². The van der Waals surface area contributed by atoms with Crippen molar-refractivity contribution in [2.75, 3.05) is 10.8 Å². The minimum Gasteiger partial charge on any atom is -0.478 e. The second-order valence-corrected chi connectivity index (χ2v) is 6.34. The number of hydrogen-bond acceptors (Lipinski definition) is 3. The van der Waals surface area contributed by atoms with Crippen molar-refractivity contribution in [1.29, 1.82) is 0 Å². The van der Waals surface area contributed by atoms with E-state index >= 15 is 0 Å². The fourth-order valence-electron chi connectivity index (χ4n) is 2.04. The maximum absolute atomic E-state index is 13.3. The predicted octanol–water partition coefficient (Wildman–Crippen LogP) is 2.74. The zero-order chi connectivity index (χ0) is 16.3. The number of rotatable bonds is 5. The van der Waals surface area contributed by atoms with Crippen molar-refractivity contribution in [3.63, 3.8) is 0 Å². The Morgan fingerprint density at radius 1 is 1.18 bits per heavy atom. The summed E-state index contributed by atoms with van der Waals surface area (Å²) in [5, 5.41) is 8.97. The van der Waals surface area contributed by atoms with Gasteiger partial charge in [-0.15, -0.1) is 0 Å². The van der Waals surface area contributed by atoms with E-state index in [0.29, 0.717) is 0 Å². The highest BCUT2D eigenvalue weighted by molar-refractivity contribution is 7.92. The van der Waals surface area contributed by atoms with Gasteiger partial charge < -0.3 is 5.11 Å². The maximum atomic E-state index is 13.3. The molecule has 0 amide bonds. The number of anilines is 1. The van der Waals surface area contributed by atoms with Crippen molar-refractivity contribution in [2.45, 2.75) is 11.8 Å². The molecule has 0 aliphatic rings. The molecule has 0 fully saturated rings. The summed E-state index contributed by atoms with van der Waals surface area (Å²) in [6.07, 6.45) is 0. The SMILES string of the molecule is CCN(c1cccc(F)c1)S(=O)(=O)c1cccc(C(=O)O)c1. The van der Waals surface area contributed by atoms with Crippen LogP contribution in [0.5, 0.6) is 0 Å². The van der Waals surface area contributed by atoms with E-state index < -0.39 is 21.8 Å². The number of halogens is 1. The number of hydrogen-bond donors (Lipinski definition) is 1. The summed E-state index contributed by atoms with van der Waals surface area (Å²) in [5.41, 5.74) is 0.0552. The van der Waals surface area contributed by atoms with Crippen LogP contribution in [0.25, 0.3) is 0 Å². The molecule has 0 spiro atoms. The molecule has 5 nitrogen and oxygen atoms in total. The highest BCUT2D eigenvalue weighted by Gasteiger charge is 2.24. The number of benzene rings is 2. The maximum Gasteiger partial charge on any atom is 0.335 e. The lowest BCUT2D eigenvalue weighted by atomic mass is 10.2. The third-order valence-electron chi connectivity index (χ3n) is 3.05. The standard InChI is InChI=1S/C15H14FNO4S/c1-2-17(13-7-4-6-12(16)10-13)22(20,21)14-8-3-5-11(9-14)15(18)19/h3-10H,2H2,1H3,(H,18,19). The number of carboxylic acids is 1. The number of sulfonamides is 1. The van der Waals surface area contributed by atoms with Gasteiger partial charge in [-0.05, 0) is 43.3 Å². The molecule has 2 aromatic rings. The van der Waals surface area contributed by atoms with E-state index in [4.69, 9.17) is 5.11 Å². The number of carboxylic acid groups (broad SMARTS) is 1. The van der Waals surface area contributed by atoms with Gasteiger partial charge in [0.05, 0.1) is 16.1 Å². The average Bonchev–Trinajstić information content (AvgIpc) is 2.48. The van der Waals surface area contributed by atoms with Gasteiger partial charge in [0.15, 0.2) is 0 Å². The third-order valence-corrected chi connectivity index (χ3v) is 4.95. The molecule has 0 aromatic heterocycles. The molecule has 0 radical (unpaired) electrons. The van der Waals surface area contributed by atoms with Gasteiger partial charge in [0, 0.05) is 6.54 Å². The number of nitrogens with zero attached hydrogens (tertiary/aromatic N) is 1. The molecule has 116 valence electrons. The van der Waals surface area contributed by atoms with Crippen LogP contribution in [0.3, 0.4) is 0 Å². The van der Waals surface area contributed by atoms with Crippen molar-refractivity contribution in [2.24, 2.45) is 0 Å². The van der Waals surface area contributed by atoms with Gasteiger partial charge in [-0.1, -0.05) is 12.1 Å². The molecule has 0 aliphatic heterocycles. The van der Waals surface area contributed by atoms with Crippen LogP contribution >= 0.6 is 0 Å². The zero-order valence-corrected chi connectivity index (χ0v) is 12.5. The Kier molecular flexibility index (Phi) is 4.46. The van der Waals surface area contributed by atoms with Gasteiger partial charge in [0.1, 0.15) is 5.82 Å². The summed E-state index contributed by atoms with van der Waals surface area (Å²) in [6.45, 7) is 1.70. The normalized spacial score (nSPS) is 11.2. The fourth-order valence-corrected chi connectivity index (χ4v) is 3.55. The largest absolute Gasteiger partial charge is 0.478 e. The first-order valence-electron chi connectivity index (χ1n) is 6.48. The van der Waals surface area contributed by atoms with Crippen molar-refractivity contribution in [3.05, 3.63) is 59.9 Å². The lowest BCUT2D eigenvalue weighted by Crippen LogP contribution is -2.31. The number of carbonyl (C=O) groups is 1. The first-order chi connectivity index (χ1) is 10.4. The second kappa shape index (κ2) is 6.15. The molecule has 0 aliphatic carbocycles. The first-order valence-corrected chi connectivity index (χ1v) is 7.92. The Labute approximate surface area is 127 Å². The van der Waals surface area contributed by atoms with Crippen LogP contribution in [0.4, 0.5) is 10.1 Å². The van der Waals surface area contributed by atoms with Crippen LogP contribution in [0, 0.1) is 5.82 Å². The summed E-state index contributed by atoms with van der Waals surface area (Å²) in [4.78, 5) is 10.8. The fraction of sp³-hybridized carbons (Fsp3) is 0.133. The molecule has 7 heteroatoms. The quantitative estimate of drug-likeness (QED) is 0.918. The third kappa shape index (κ3) is 3.09. The Balaban J connectivity index is 2.52. The average molecular weight is 323 g/mol. The van der Waals surface area contributed by atoms with Gasteiger partial charge in [-0.2, -0.15) is 0 Å². The van der Waals surface area contributed by atoms with Crippen molar-refractivity contribution < 1.29 is 22.7 Å². The summed E-state index contributed by atoms with van der Waals surface area (Å²) >= 11 is 0. The van der Waals surface area contributed by atoms with Crippen molar-refractivity contribution in [3.8, 4) is 0 Å². The van der Waals surface area contributed by atoms with Gasteiger partial charge in [-0.25, -0.2) is 17.6 Å². The van der Waals surface area contributed by atoms with Crippen LogP contribution < -0.4 is 4.31 Å². The molecule has 0 atom stereocenters. The van der Waals surface area contributed by atoms with Crippen molar-refractivity contribution in [1.82, 2.24) is 0 Å². The summed E-state index contributed by atoms with van der Waals surface area (Å²) < 4.78 is 39.7. The monoisotopic (exact) mass is 323 g/mol. The second-order valence-electron chi connectivity index (χ2n) is 4.48. The van der Waals surface area contributed by atoms with Crippen LogP contribution in [0.1, 0.15) is 17.3 Å². The Hall–Kier alpha value is -2.41. The number of aromatic carboxylic acids is 1. The molecular weight excluding hydrogens is 309 g/mol. The molecule has 0 bridgehead atoms. The van der Waals surface area contributed by atoms with E-state index in [1.807, 2.05) is 0 Å². The van der Waals surface area contributed by atoms with E-state index in [2.05, 4.69) is 0 Å². The van der Waals surface area contributed by atoms with E-state index in [-0.39, 0.29) is 22.7 Å². The summed E-state index contributed by atoms with van der Waals surface area (Å²) in [6, 6.07) is 10.3. The van der Waals surface area contributed by atoms with Crippen LogP contribution in [-0.4, -0.2) is 26.0 Å². The van der Waals surface area contributed by atoms with Crippen molar-refractivity contribution >= 4 is 21.7 Å². The first kappa shape index (κ1) is 16.0. The smallest absolute Gasteiger partial charge is 0.335 e. The minimum absolute atomic E-state index is 0.0864. The Morgan fingerprint density at radius 2 is 1.86 bits per heavy atom. The lowest BCUT2D eigenvalue weighted by Gasteiger charge is -2.23. The zero-order valence-electron chi connectivity index (χ0n) is 11.7. The molecular formula is C15H14FNO4S. The topological polar surface area (TPSA) is 74.7 Å². The molecule has 0 unspecified atom stereocenters. The van der Waals surface area contributed by atoms with E-state index in [1.54, 1.807) is 6.92 Å². The molecule has 0 saturated heterocycles.